The maximum Gasteiger partial charge on any atom is 0.119 e. The van der Waals surface area contributed by atoms with Crippen molar-refractivity contribution >= 4 is 11.1 Å². The molecule has 0 aromatic heterocycles. The van der Waals surface area contributed by atoms with Gasteiger partial charge in [-0.3, -0.25) is 0 Å². The minimum Gasteiger partial charge on any atom is -0.508 e. The molecule has 0 fully saturated rings. The Kier molecular flexibility index (Phi) is 7.91. The Morgan fingerprint density at radius 1 is 0.774 bits per heavy atom. The van der Waals surface area contributed by atoms with Crippen molar-refractivity contribution in [2.75, 3.05) is 27.2 Å². The molecular formula is C28H33NO2. The van der Waals surface area contributed by atoms with Crippen molar-refractivity contribution in [3.8, 4) is 11.5 Å². The van der Waals surface area contributed by atoms with Crippen LogP contribution in [0.1, 0.15) is 42.5 Å². The SMILES string of the molecule is CCC(=C(c1ccc(O)cc1)c1ccc(OCCN(C)C)cc1)c1ccc(CC)cc1. The van der Waals surface area contributed by atoms with Crippen molar-refractivity contribution in [2.45, 2.75) is 26.7 Å². The molecule has 0 amide bonds. The zero-order valence-electron chi connectivity index (χ0n) is 19.1. The summed E-state index contributed by atoms with van der Waals surface area (Å²) < 4.78 is 5.88. The summed E-state index contributed by atoms with van der Waals surface area (Å²) in [5.74, 6) is 1.15. The number of nitrogens with zero attached hydrogens (tertiary/aromatic N) is 1. The third-order valence-corrected chi connectivity index (χ3v) is 5.47. The van der Waals surface area contributed by atoms with Gasteiger partial charge in [0.1, 0.15) is 18.1 Å². The number of benzene rings is 3. The Hall–Kier alpha value is -3.04. The van der Waals surface area contributed by atoms with E-state index in [0.717, 1.165) is 36.3 Å². The number of allylic oxidation sites excluding steroid dienone is 1. The van der Waals surface area contributed by atoms with Crippen LogP contribution in [-0.4, -0.2) is 37.3 Å². The lowest BCUT2D eigenvalue weighted by Gasteiger charge is -2.17. The summed E-state index contributed by atoms with van der Waals surface area (Å²) in [5.41, 5.74) is 7.28. The molecule has 3 heteroatoms. The fourth-order valence-corrected chi connectivity index (χ4v) is 3.67. The molecule has 3 rings (SSSR count). The van der Waals surface area contributed by atoms with E-state index in [1.807, 2.05) is 38.4 Å². The molecule has 3 aromatic carbocycles. The monoisotopic (exact) mass is 415 g/mol. The number of hydrogen-bond donors (Lipinski definition) is 1. The van der Waals surface area contributed by atoms with Gasteiger partial charge in [0.2, 0.25) is 0 Å². The smallest absolute Gasteiger partial charge is 0.119 e. The van der Waals surface area contributed by atoms with Crippen molar-refractivity contribution in [1.82, 2.24) is 4.90 Å². The van der Waals surface area contributed by atoms with Gasteiger partial charge in [-0.1, -0.05) is 62.4 Å². The van der Waals surface area contributed by atoms with Crippen molar-refractivity contribution in [1.29, 1.82) is 0 Å². The summed E-state index contributed by atoms with van der Waals surface area (Å²) in [7, 11) is 4.08. The van der Waals surface area contributed by atoms with Gasteiger partial charge >= 0.3 is 0 Å². The number of rotatable bonds is 9. The predicted molar refractivity (Wildman–Crippen MR) is 131 cm³/mol. The van der Waals surface area contributed by atoms with Gasteiger partial charge in [-0.2, -0.15) is 0 Å². The zero-order valence-corrected chi connectivity index (χ0v) is 19.1. The summed E-state index contributed by atoms with van der Waals surface area (Å²) >= 11 is 0. The molecule has 0 bridgehead atoms. The second kappa shape index (κ2) is 10.8. The lowest BCUT2D eigenvalue weighted by Crippen LogP contribution is -2.19. The Labute approximate surface area is 186 Å². The number of hydrogen-bond acceptors (Lipinski definition) is 3. The molecule has 0 radical (unpaired) electrons. The molecule has 1 N–H and O–H groups in total. The summed E-state index contributed by atoms with van der Waals surface area (Å²) in [6.45, 7) is 5.92. The first-order valence-electron chi connectivity index (χ1n) is 11.0. The minimum atomic E-state index is 0.276. The van der Waals surface area contributed by atoms with E-state index in [1.54, 1.807) is 12.1 Å². The van der Waals surface area contributed by atoms with Crippen LogP contribution in [0.3, 0.4) is 0 Å². The van der Waals surface area contributed by atoms with Gasteiger partial charge in [0.15, 0.2) is 0 Å². The van der Waals surface area contributed by atoms with E-state index in [4.69, 9.17) is 4.74 Å². The van der Waals surface area contributed by atoms with Crippen LogP contribution in [0.15, 0.2) is 72.8 Å². The average Bonchev–Trinajstić information content (AvgIpc) is 2.79. The Bertz CT molecular complexity index is 985. The highest BCUT2D eigenvalue weighted by molar-refractivity contribution is 5.98. The van der Waals surface area contributed by atoms with Gasteiger partial charge in [0.05, 0.1) is 0 Å². The Balaban J connectivity index is 2.03. The standard InChI is InChI=1S/C28H33NO2/c1-5-21-7-9-22(10-8-21)27(6-2)28(23-11-15-25(30)16-12-23)24-13-17-26(18-14-24)31-20-19-29(3)4/h7-18,30H,5-6,19-20H2,1-4H3. The fourth-order valence-electron chi connectivity index (χ4n) is 3.67. The third-order valence-electron chi connectivity index (χ3n) is 5.47. The highest BCUT2D eigenvalue weighted by atomic mass is 16.5. The summed E-state index contributed by atoms with van der Waals surface area (Å²) in [5, 5.41) is 9.80. The number of phenolic OH excluding ortho intramolecular Hbond substituents is 1. The number of aromatic hydroxyl groups is 1. The molecule has 31 heavy (non-hydrogen) atoms. The van der Waals surface area contributed by atoms with Crippen LogP contribution in [0.25, 0.3) is 11.1 Å². The van der Waals surface area contributed by atoms with Gasteiger partial charge < -0.3 is 14.7 Å². The van der Waals surface area contributed by atoms with Gasteiger partial charge in [-0.05, 0) is 84.6 Å². The first-order chi connectivity index (χ1) is 15.0. The number of likely N-dealkylation sites (N-methyl/N-ethyl adjacent to an activating group) is 1. The van der Waals surface area contributed by atoms with Gasteiger partial charge in [0.25, 0.3) is 0 Å². The van der Waals surface area contributed by atoms with Crippen LogP contribution in [-0.2, 0) is 6.42 Å². The molecule has 162 valence electrons. The van der Waals surface area contributed by atoms with Crippen molar-refractivity contribution < 1.29 is 9.84 Å². The lowest BCUT2D eigenvalue weighted by molar-refractivity contribution is 0.261. The summed E-state index contributed by atoms with van der Waals surface area (Å²) in [6.07, 6.45) is 1.94. The third kappa shape index (κ3) is 5.99. The van der Waals surface area contributed by atoms with Crippen LogP contribution < -0.4 is 4.74 Å². The molecule has 3 aromatic rings. The summed E-state index contributed by atoms with van der Waals surface area (Å²) in [4.78, 5) is 2.11. The van der Waals surface area contributed by atoms with Crippen molar-refractivity contribution in [3.63, 3.8) is 0 Å². The van der Waals surface area contributed by atoms with E-state index in [-0.39, 0.29) is 5.75 Å². The van der Waals surface area contributed by atoms with Crippen LogP contribution in [0.4, 0.5) is 0 Å². The maximum atomic E-state index is 9.80. The molecule has 0 atom stereocenters. The van der Waals surface area contributed by atoms with E-state index in [0.29, 0.717) is 6.61 Å². The molecular weight excluding hydrogens is 382 g/mol. The minimum absolute atomic E-state index is 0.276. The van der Waals surface area contributed by atoms with E-state index in [1.165, 1.54) is 22.3 Å². The Morgan fingerprint density at radius 3 is 1.84 bits per heavy atom. The second-order valence-electron chi connectivity index (χ2n) is 7.98. The van der Waals surface area contributed by atoms with Crippen LogP contribution in [0, 0.1) is 0 Å². The first-order valence-corrected chi connectivity index (χ1v) is 11.0. The van der Waals surface area contributed by atoms with Gasteiger partial charge in [0, 0.05) is 6.54 Å². The molecule has 0 aliphatic carbocycles. The number of phenols is 1. The van der Waals surface area contributed by atoms with Crippen LogP contribution >= 0.6 is 0 Å². The van der Waals surface area contributed by atoms with Crippen LogP contribution in [0.5, 0.6) is 11.5 Å². The Morgan fingerprint density at radius 2 is 1.32 bits per heavy atom. The van der Waals surface area contributed by atoms with E-state index in [9.17, 15) is 5.11 Å². The highest BCUT2D eigenvalue weighted by Crippen LogP contribution is 2.35. The van der Waals surface area contributed by atoms with E-state index < -0.39 is 0 Å². The largest absolute Gasteiger partial charge is 0.508 e. The quantitative estimate of drug-likeness (QED) is 0.418. The maximum absolute atomic E-state index is 9.80. The second-order valence-corrected chi connectivity index (χ2v) is 7.98. The fraction of sp³-hybridized carbons (Fsp3) is 0.286. The topological polar surface area (TPSA) is 32.7 Å². The predicted octanol–water partition coefficient (Wildman–Crippen LogP) is 6.26. The van der Waals surface area contributed by atoms with Gasteiger partial charge in [-0.25, -0.2) is 0 Å². The molecule has 0 aliphatic rings. The molecule has 0 heterocycles. The number of aryl methyl sites for hydroxylation is 1. The van der Waals surface area contributed by atoms with Crippen LogP contribution in [0.2, 0.25) is 0 Å². The molecule has 3 nitrogen and oxygen atoms in total. The first kappa shape index (κ1) is 22.6. The summed E-state index contributed by atoms with van der Waals surface area (Å²) in [6, 6.07) is 24.7. The average molecular weight is 416 g/mol. The van der Waals surface area contributed by atoms with E-state index >= 15 is 0 Å². The highest BCUT2D eigenvalue weighted by Gasteiger charge is 2.13. The molecule has 0 spiro atoms. The van der Waals surface area contributed by atoms with Crippen molar-refractivity contribution in [3.05, 3.63) is 95.1 Å². The molecule has 0 saturated carbocycles. The zero-order chi connectivity index (χ0) is 22.2. The molecule has 0 saturated heterocycles. The van der Waals surface area contributed by atoms with Gasteiger partial charge in [-0.15, -0.1) is 0 Å². The molecule has 0 aliphatic heterocycles. The molecule has 0 unspecified atom stereocenters. The number of ether oxygens (including phenoxy) is 1. The van der Waals surface area contributed by atoms with Crippen molar-refractivity contribution in [2.24, 2.45) is 0 Å². The van der Waals surface area contributed by atoms with E-state index in [2.05, 4.69) is 55.1 Å². The normalized spacial score (nSPS) is 12.0. The lowest BCUT2D eigenvalue weighted by atomic mass is 9.88.